The molecule has 0 saturated heterocycles. The molecule has 1 saturated carbocycles. The number of carbonyl (C=O) groups excluding carboxylic acids is 1. The first kappa shape index (κ1) is 9.76. The lowest BCUT2D eigenvalue weighted by Gasteiger charge is -2.22. The Hall–Kier alpha value is -1.44. The molecule has 0 atom stereocenters. The Morgan fingerprint density at radius 2 is 2.25 bits per heavy atom. The maximum absolute atomic E-state index is 10.5. The lowest BCUT2D eigenvalue weighted by atomic mass is 9.92. The van der Waals surface area contributed by atoms with Crippen LogP contribution >= 0.6 is 0 Å². The van der Waals surface area contributed by atoms with E-state index in [0.717, 1.165) is 25.9 Å². The number of rotatable bonds is 2. The van der Waals surface area contributed by atoms with Gasteiger partial charge in [-0.2, -0.15) is 4.99 Å². The van der Waals surface area contributed by atoms with Gasteiger partial charge in [-0.1, -0.05) is 18.2 Å². The van der Waals surface area contributed by atoms with Crippen LogP contribution in [-0.4, -0.2) is 12.7 Å². The average Bonchev–Trinajstić information content (AvgIpc) is 3.10. The van der Waals surface area contributed by atoms with Crippen LogP contribution in [0.1, 0.15) is 29.5 Å². The SMILES string of the molecule is O=C=NC1(c2cccc3c2COCC3)CC1. The first-order valence-corrected chi connectivity index (χ1v) is 5.64. The van der Waals surface area contributed by atoms with Gasteiger partial charge in [-0.05, 0) is 36.0 Å². The number of ether oxygens (including phenoxy) is 1. The van der Waals surface area contributed by atoms with Gasteiger partial charge in [0.15, 0.2) is 0 Å². The first-order chi connectivity index (χ1) is 7.86. The van der Waals surface area contributed by atoms with Crippen LogP contribution in [0, 0.1) is 0 Å². The Kier molecular flexibility index (Phi) is 2.16. The van der Waals surface area contributed by atoms with Gasteiger partial charge in [0.25, 0.3) is 0 Å². The number of isocyanates is 1. The lowest BCUT2D eigenvalue weighted by Crippen LogP contribution is -2.16. The van der Waals surface area contributed by atoms with Gasteiger partial charge < -0.3 is 4.74 Å². The second kappa shape index (κ2) is 3.55. The fraction of sp³-hybridized carbons (Fsp3) is 0.462. The Morgan fingerprint density at radius 1 is 1.38 bits per heavy atom. The minimum atomic E-state index is -0.270. The molecule has 0 radical (unpaired) electrons. The van der Waals surface area contributed by atoms with E-state index >= 15 is 0 Å². The summed E-state index contributed by atoms with van der Waals surface area (Å²) in [7, 11) is 0. The van der Waals surface area contributed by atoms with Crippen molar-refractivity contribution in [2.75, 3.05) is 6.61 Å². The molecular weight excluding hydrogens is 202 g/mol. The molecule has 0 aromatic heterocycles. The smallest absolute Gasteiger partial charge is 0.235 e. The van der Waals surface area contributed by atoms with Crippen LogP contribution in [0.25, 0.3) is 0 Å². The fourth-order valence-corrected chi connectivity index (χ4v) is 2.48. The normalized spacial score (nSPS) is 20.8. The van der Waals surface area contributed by atoms with E-state index in [0.29, 0.717) is 6.61 Å². The minimum Gasteiger partial charge on any atom is -0.376 e. The predicted octanol–water partition coefficient (Wildman–Crippen LogP) is 2.08. The maximum Gasteiger partial charge on any atom is 0.235 e. The largest absolute Gasteiger partial charge is 0.376 e. The van der Waals surface area contributed by atoms with E-state index in [9.17, 15) is 4.79 Å². The van der Waals surface area contributed by atoms with Gasteiger partial charge in [-0.3, -0.25) is 0 Å². The molecule has 1 heterocycles. The van der Waals surface area contributed by atoms with Crippen LogP contribution in [0.4, 0.5) is 0 Å². The third kappa shape index (κ3) is 1.41. The van der Waals surface area contributed by atoms with E-state index in [1.807, 2.05) is 0 Å². The highest BCUT2D eigenvalue weighted by atomic mass is 16.5. The topological polar surface area (TPSA) is 38.7 Å². The van der Waals surface area contributed by atoms with Gasteiger partial charge in [0.1, 0.15) is 0 Å². The zero-order valence-electron chi connectivity index (χ0n) is 9.03. The van der Waals surface area contributed by atoms with Crippen molar-refractivity contribution in [1.29, 1.82) is 0 Å². The molecule has 1 aliphatic heterocycles. The highest BCUT2D eigenvalue weighted by Gasteiger charge is 2.46. The molecule has 3 rings (SSSR count). The second-order valence-corrected chi connectivity index (χ2v) is 4.48. The van der Waals surface area contributed by atoms with Crippen molar-refractivity contribution in [2.24, 2.45) is 4.99 Å². The van der Waals surface area contributed by atoms with E-state index in [-0.39, 0.29) is 5.54 Å². The monoisotopic (exact) mass is 215 g/mol. The second-order valence-electron chi connectivity index (χ2n) is 4.48. The minimum absolute atomic E-state index is 0.270. The van der Waals surface area contributed by atoms with E-state index in [1.54, 1.807) is 6.08 Å². The van der Waals surface area contributed by atoms with Crippen LogP contribution < -0.4 is 0 Å². The Bertz CT molecular complexity index is 471. The summed E-state index contributed by atoms with van der Waals surface area (Å²) in [6.07, 6.45) is 4.59. The van der Waals surface area contributed by atoms with Crippen molar-refractivity contribution in [3.8, 4) is 0 Å². The van der Waals surface area contributed by atoms with Gasteiger partial charge in [-0.25, -0.2) is 4.79 Å². The molecule has 82 valence electrons. The number of fused-ring (bicyclic) bond motifs is 1. The molecule has 0 spiro atoms. The summed E-state index contributed by atoms with van der Waals surface area (Å²) in [6.45, 7) is 1.45. The first-order valence-electron chi connectivity index (χ1n) is 5.64. The third-order valence-corrected chi connectivity index (χ3v) is 3.52. The zero-order chi connectivity index (χ0) is 11.0. The molecule has 0 amide bonds. The number of hydrogen-bond donors (Lipinski definition) is 0. The molecule has 0 N–H and O–H groups in total. The highest BCUT2D eigenvalue weighted by Crippen LogP contribution is 2.51. The summed E-state index contributed by atoms with van der Waals surface area (Å²) in [5, 5.41) is 0. The molecular formula is C13H13NO2. The van der Waals surface area contributed by atoms with Crippen LogP contribution in [0.15, 0.2) is 23.2 Å². The van der Waals surface area contributed by atoms with Gasteiger partial charge in [-0.15, -0.1) is 0 Å². The van der Waals surface area contributed by atoms with E-state index in [4.69, 9.17) is 4.74 Å². The molecule has 16 heavy (non-hydrogen) atoms. The van der Waals surface area contributed by atoms with Crippen molar-refractivity contribution in [2.45, 2.75) is 31.4 Å². The summed E-state index contributed by atoms with van der Waals surface area (Å²) in [5.74, 6) is 0. The van der Waals surface area contributed by atoms with Crippen molar-refractivity contribution < 1.29 is 9.53 Å². The van der Waals surface area contributed by atoms with Gasteiger partial charge in [0.05, 0.1) is 18.8 Å². The van der Waals surface area contributed by atoms with Crippen LogP contribution in [0.3, 0.4) is 0 Å². The number of aliphatic imine (C=N–C) groups is 1. The number of benzene rings is 1. The van der Waals surface area contributed by atoms with Gasteiger partial charge in [0.2, 0.25) is 6.08 Å². The zero-order valence-corrected chi connectivity index (χ0v) is 9.03. The molecule has 0 bridgehead atoms. The Balaban J connectivity index is 2.11. The van der Waals surface area contributed by atoms with Crippen molar-refractivity contribution >= 4 is 6.08 Å². The van der Waals surface area contributed by atoms with Gasteiger partial charge >= 0.3 is 0 Å². The molecule has 3 nitrogen and oxygen atoms in total. The van der Waals surface area contributed by atoms with Crippen molar-refractivity contribution in [1.82, 2.24) is 0 Å². The molecule has 1 aromatic rings. The molecule has 1 fully saturated rings. The van der Waals surface area contributed by atoms with Gasteiger partial charge in [0, 0.05) is 0 Å². The average molecular weight is 215 g/mol. The molecule has 2 aliphatic rings. The molecule has 1 aromatic carbocycles. The summed E-state index contributed by atoms with van der Waals surface area (Å²) in [4.78, 5) is 14.5. The number of hydrogen-bond acceptors (Lipinski definition) is 3. The third-order valence-electron chi connectivity index (χ3n) is 3.52. The van der Waals surface area contributed by atoms with Crippen LogP contribution in [-0.2, 0) is 28.1 Å². The standard InChI is InChI=1S/C13H13NO2/c15-9-14-13(5-6-13)12-3-1-2-10-4-7-16-8-11(10)12/h1-3H,4-8H2. The molecule has 0 unspecified atom stereocenters. The van der Waals surface area contributed by atoms with E-state index < -0.39 is 0 Å². The van der Waals surface area contributed by atoms with Crippen molar-refractivity contribution in [3.63, 3.8) is 0 Å². The molecule has 1 aliphatic carbocycles. The maximum atomic E-state index is 10.5. The molecule has 3 heteroatoms. The summed E-state index contributed by atoms with van der Waals surface area (Å²) >= 11 is 0. The Morgan fingerprint density at radius 3 is 3.00 bits per heavy atom. The summed E-state index contributed by atoms with van der Waals surface area (Å²) in [6, 6.07) is 6.27. The Labute approximate surface area is 94.1 Å². The quantitative estimate of drug-likeness (QED) is 0.559. The van der Waals surface area contributed by atoms with Crippen molar-refractivity contribution in [3.05, 3.63) is 34.9 Å². The number of nitrogens with zero attached hydrogens (tertiary/aromatic N) is 1. The fourth-order valence-electron chi connectivity index (χ4n) is 2.48. The predicted molar refractivity (Wildman–Crippen MR) is 58.8 cm³/mol. The van der Waals surface area contributed by atoms with Crippen LogP contribution in [0.5, 0.6) is 0 Å². The summed E-state index contributed by atoms with van der Waals surface area (Å²) < 4.78 is 5.50. The van der Waals surface area contributed by atoms with E-state index in [2.05, 4.69) is 23.2 Å². The van der Waals surface area contributed by atoms with Crippen LogP contribution in [0.2, 0.25) is 0 Å². The highest BCUT2D eigenvalue weighted by molar-refractivity contribution is 5.47. The summed E-state index contributed by atoms with van der Waals surface area (Å²) in [5.41, 5.74) is 3.49. The van der Waals surface area contributed by atoms with E-state index in [1.165, 1.54) is 16.7 Å². The lowest BCUT2D eigenvalue weighted by molar-refractivity contribution is 0.109.